The van der Waals surface area contributed by atoms with E-state index in [0.29, 0.717) is 19.6 Å². The Labute approximate surface area is 346 Å². The van der Waals surface area contributed by atoms with Crippen molar-refractivity contribution < 1.29 is 19.4 Å². The molecule has 0 radical (unpaired) electrons. The lowest BCUT2D eigenvalue weighted by molar-refractivity contribution is -0.154. The number of hydrogen-bond acceptors (Lipinski definition) is 4. The summed E-state index contributed by atoms with van der Waals surface area (Å²) in [6, 6.07) is 0. The maximum absolute atomic E-state index is 12.3. The zero-order valence-electron chi connectivity index (χ0n) is 38.0. The van der Waals surface area contributed by atoms with Crippen LogP contribution in [-0.2, 0) is 14.3 Å². The second-order valence-electron chi connectivity index (χ2n) is 17.6. The largest absolute Gasteiger partial charge is 0.457 e. The fraction of sp³-hybridized carbons (Fsp3) is 0.980. The number of rotatable bonds is 49. The third kappa shape index (κ3) is 47.7. The Balaban J connectivity index is 3.32. The molecule has 0 rings (SSSR count). The van der Waals surface area contributed by atoms with Gasteiger partial charge in [-0.1, -0.05) is 277 Å². The van der Waals surface area contributed by atoms with Crippen molar-refractivity contribution in [3.63, 3.8) is 0 Å². The summed E-state index contributed by atoms with van der Waals surface area (Å²) >= 11 is 0. The highest BCUT2D eigenvalue weighted by Gasteiger charge is 2.13. The van der Waals surface area contributed by atoms with E-state index >= 15 is 0 Å². The molecule has 0 aromatic heterocycles. The molecule has 0 spiro atoms. The number of carbonyl (C=O) groups excluding carboxylic acids is 1. The lowest BCUT2D eigenvalue weighted by Crippen LogP contribution is -2.27. The van der Waals surface area contributed by atoms with Crippen LogP contribution in [0.25, 0.3) is 0 Å². The Morgan fingerprint density at radius 2 is 0.600 bits per heavy atom. The molecule has 0 fully saturated rings. The molecule has 0 saturated heterocycles. The second-order valence-corrected chi connectivity index (χ2v) is 17.6. The molecule has 1 unspecified atom stereocenters. The van der Waals surface area contributed by atoms with Gasteiger partial charge in [0, 0.05) is 13.0 Å². The highest BCUT2D eigenvalue weighted by molar-refractivity contribution is 5.69. The molecule has 0 aromatic carbocycles. The number of aliphatic hydroxyl groups excluding tert-OH is 1. The van der Waals surface area contributed by atoms with Crippen molar-refractivity contribution in [3.8, 4) is 0 Å². The molecular weight excluding hydrogens is 677 g/mol. The number of esters is 1. The smallest absolute Gasteiger partial charge is 0.306 e. The van der Waals surface area contributed by atoms with Gasteiger partial charge in [-0.3, -0.25) is 4.79 Å². The highest BCUT2D eigenvalue weighted by Crippen LogP contribution is 2.17. The summed E-state index contributed by atoms with van der Waals surface area (Å²) in [6.45, 7) is 5.42. The van der Waals surface area contributed by atoms with Crippen LogP contribution in [0.1, 0.15) is 296 Å². The van der Waals surface area contributed by atoms with Crippen molar-refractivity contribution in [2.24, 2.45) is 0 Å². The van der Waals surface area contributed by atoms with Crippen LogP contribution in [0, 0.1) is 0 Å². The fourth-order valence-electron chi connectivity index (χ4n) is 8.10. The number of aliphatic hydroxyl groups is 1. The first-order chi connectivity index (χ1) is 27.2. The van der Waals surface area contributed by atoms with Gasteiger partial charge in [-0.2, -0.15) is 0 Å². The van der Waals surface area contributed by atoms with Gasteiger partial charge in [0.15, 0.2) is 0 Å². The van der Waals surface area contributed by atoms with Crippen LogP contribution in [0.15, 0.2) is 0 Å². The minimum Gasteiger partial charge on any atom is -0.457 e. The van der Waals surface area contributed by atoms with Crippen LogP contribution in [0.4, 0.5) is 0 Å². The summed E-state index contributed by atoms with van der Waals surface area (Å²) in [5.41, 5.74) is 0. The molecule has 0 saturated carbocycles. The molecule has 0 amide bonds. The molecule has 4 heteroatoms. The molecule has 55 heavy (non-hydrogen) atoms. The average Bonchev–Trinajstić information content (AvgIpc) is 3.19. The van der Waals surface area contributed by atoms with E-state index in [1.165, 1.54) is 257 Å². The van der Waals surface area contributed by atoms with Crippen molar-refractivity contribution in [1.82, 2.24) is 0 Å². The topological polar surface area (TPSA) is 55.8 Å². The Morgan fingerprint density at radius 1 is 0.364 bits per heavy atom. The lowest BCUT2D eigenvalue weighted by Gasteiger charge is -2.16. The summed E-state index contributed by atoms with van der Waals surface area (Å²) in [6.07, 6.45) is 59.1. The van der Waals surface area contributed by atoms with E-state index in [2.05, 4.69) is 13.8 Å². The van der Waals surface area contributed by atoms with Crippen molar-refractivity contribution in [2.75, 3.05) is 19.8 Å². The van der Waals surface area contributed by atoms with Crippen molar-refractivity contribution in [1.29, 1.82) is 0 Å². The van der Waals surface area contributed by atoms with Crippen molar-refractivity contribution in [2.45, 2.75) is 302 Å². The summed E-state index contributed by atoms with van der Waals surface area (Å²) < 4.78 is 11.2. The van der Waals surface area contributed by atoms with E-state index in [4.69, 9.17) is 9.47 Å². The van der Waals surface area contributed by atoms with Crippen LogP contribution in [0.2, 0.25) is 0 Å². The molecule has 0 bridgehead atoms. The standard InChI is InChI=1S/C51H102O4/c1-3-5-7-9-11-13-15-17-19-21-23-25-26-27-29-31-33-35-37-39-41-43-45-47-54-49-50(48-52)55-51(53)46-44-42-40-38-36-34-32-30-28-24-22-20-18-16-14-12-10-8-6-4-2/h50,52H,3-49H2,1-2H3. The van der Waals surface area contributed by atoms with Crippen LogP contribution >= 0.6 is 0 Å². The van der Waals surface area contributed by atoms with Gasteiger partial charge in [-0.15, -0.1) is 0 Å². The van der Waals surface area contributed by atoms with Crippen LogP contribution in [-0.4, -0.2) is 37.0 Å². The number of hydrogen-bond donors (Lipinski definition) is 1. The first kappa shape index (κ1) is 54.4. The minimum absolute atomic E-state index is 0.162. The monoisotopic (exact) mass is 779 g/mol. The Kier molecular flexibility index (Phi) is 49.0. The maximum atomic E-state index is 12.3. The quantitative estimate of drug-likeness (QED) is 0.0494. The molecule has 0 aliphatic rings. The maximum Gasteiger partial charge on any atom is 0.306 e. The molecule has 1 N–H and O–H groups in total. The van der Waals surface area contributed by atoms with Gasteiger partial charge in [-0.05, 0) is 12.8 Å². The Hall–Kier alpha value is -0.610. The summed E-state index contributed by atoms with van der Waals surface area (Å²) in [7, 11) is 0. The zero-order chi connectivity index (χ0) is 39.8. The van der Waals surface area contributed by atoms with Gasteiger partial charge in [0.25, 0.3) is 0 Å². The summed E-state index contributed by atoms with van der Waals surface area (Å²) in [5, 5.41) is 9.65. The van der Waals surface area contributed by atoms with E-state index in [-0.39, 0.29) is 12.6 Å². The third-order valence-electron chi connectivity index (χ3n) is 11.9. The van der Waals surface area contributed by atoms with Gasteiger partial charge >= 0.3 is 5.97 Å². The van der Waals surface area contributed by atoms with Gasteiger partial charge in [0.2, 0.25) is 0 Å². The number of ether oxygens (including phenoxy) is 2. The average molecular weight is 779 g/mol. The minimum atomic E-state index is -0.526. The van der Waals surface area contributed by atoms with Gasteiger partial charge in [0.1, 0.15) is 6.10 Å². The molecule has 4 nitrogen and oxygen atoms in total. The summed E-state index contributed by atoms with van der Waals surface area (Å²) in [5.74, 6) is -0.190. The van der Waals surface area contributed by atoms with Gasteiger partial charge in [-0.25, -0.2) is 0 Å². The molecule has 1 atom stereocenters. The first-order valence-electron chi connectivity index (χ1n) is 25.6. The molecule has 330 valence electrons. The highest BCUT2D eigenvalue weighted by atomic mass is 16.6. The van der Waals surface area contributed by atoms with E-state index in [1.807, 2.05) is 0 Å². The normalized spacial score (nSPS) is 12.1. The predicted molar refractivity (Wildman–Crippen MR) is 242 cm³/mol. The van der Waals surface area contributed by atoms with E-state index < -0.39 is 6.10 Å². The van der Waals surface area contributed by atoms with Crippen LogP contribution < -0.4 is 0 Å². The zero-order valence-corrected chi connectivity index (χ0v) is 38.0. The van der Waals surface area contributed by atoms with Crippen molar-refractivity contribution >= 4 is 5.97 Å². The molecule has 0 aromatic rings. The lowest BCUT2D eigenvalue weighted by atomic mass is 10.0. The number of carbonyl (C=O) groups is 1. The van der Waals surface area contributed by atoms with E-state index in [9.17, 15) is 9.90 Å². The van der Waals surface area contributed by atoms with Gasteiger partial charge in [0.05, 0.1) is 13.2 Å². The molecule has 0 aliphatic carbocycles. The van der Waals surface area contributed by atoms with Crippen molar-refractivity contribution in [3.05, 3.63) is 0 Å². The molecule has 0 aliphatic heterocycles. The van der Waals surface area contributed by atoms with E-state index in [0.717, 1.165) is 19.3 Å². The van der Waals surface area contributed by atoms with Crippen LogP contribution in [0.5, 0.6) is 0 Å². The predicted octanol–water partition coefficient (Wildman–Crippen LogP) is 17.1. The molecule has 0 heterocycles. The first-order valence-corrected chi connectivity index (χ1v) is 25.6. The Bertz CT molecular complexity index is 696. The SMILES string of the molecule is CCCCCCCCCCCCCCCCCCCCCCCCCOCC(CO)OC(=O)CCCCCCCCCCCCCCCCCCCCCC. The molecular formula is C51H102O4. The number of unbranched alkanes of at least 4 members (excludes halogenated alkanes) is 41. The second kappa shape index (κ2) is 49.5. The Morgan fingerprint density at radius 3 is 0.855 bits per heavy atom. The summed E-state index contributed by atoms with van der Waals surface area (Å²) in [4.78, 5) is 12.3. The van der Waals surface area contributed by atoms with E-state index in [1.54, 1.807) is 0 Å². The third-order valence-corrected chi connectivity index (χ3v) is 11.9. The van der Waals surface area contributed by atoms with Crippen LogP contribution in [0.3, 0.4) is 0 Å². The van der Waals surface area contributed by atoms with Gasteiger partial charge < -0.3 is 14.6 Å². The fourth-order valence-corrected chi connectivity index (χ4v) is 8.10.